The van der Waals surface area contributed by atoms with Crippen LogP contribution in [-0.2, 0) is 38.6 Å². The Morgan fingerprint density at radius 1 is 0.705 bits per heavy atom. The molecule has 0 saturated carbocycles. The van der Waals surface area contributed by atoms with E-state index in [1.54, 1.807) is 24.3 Å². The van der Waals surface area contributed by atoms with E-state index in [2.05, 4.69) is 0 Å². The smallest absolute Gasteiger partial charge is 0.416 e. The Labute approximate surface area is 247 Å². The Balaban J connectivity index is 0.000000175. The standard InChI is InChI=1S/2C16H12F3NO2/c17-16(18,19)11-4-6-12(7-5-11)20-8-14-10(9-21)2-1-3-13(14)15(20)22;17-16(18,19)11-4-6-12(7-5-11)20-8-10-2-1-3-13(15(21)22)14(10)9-20/h1-7,21H,8-9H2;1-7H,8-9H2,(H,21,22). The molecule has 0 fully saturated rings. The van der Waals surface area contributed by atoms with Crippen molar-refractivity contribution >= 4 is 23.3 Å². The number of benzene rings is 4. The molecular weight excluding hydrogens is 590 g/mol. The summed E-state index contributed by atoms with van der Waals surface area (Å²) in [6, 6.07) is 19.5. The molecule has 228 valence electrons. The maximum atomic E-state index is 12.6. The molecule has 12 heteroatoms. The van der Waals surface area contributed by atoms with Crippen LogP contribution in [0, 0.1) is 0 Å². The molecule has 0 unspecified atom stereocenters. The molecule has 2 N–H and O–H groups in total. The fourth-order valence-corrected chi connectivity index (χ4v) is 5.25. The van der Waals surface area contributed by atoms with Crippen molar-refractivity contribution in [3.8, 4) is 0 Å². The summed E-state index contributed by atoms with van der Waals surface area (Å²) in [4.78, 5) is 26.8. The number of amides is 1. The molecule has 0 spiro atoms. The van der Waals surface area contributed by atoms with Gasteiger partial charge in [0, 0.05) is 30.0 Å². The predicted molar refractivity (Wildman–Crippen MR) is 149 cm³/mol. The highest BCUT2D eigenvalue weighted by molar-refractivity contribution is 6.10. The number of fused-ring (bicyclic) bond motifs is 2. The van der Waals surface area contributed by atoms with E-state index in [1.807, 2.05) is 11.0 Å². The average molecular weight is 615 g/mol. The third kappa shape index (κ3) is 6.11. The van der Waals surface area contributed by atoms with Crippen LogP contribution < -0.4 is 9.80 Å². The Morgan fingerprint density at radius 3 is 1.82 bits per heavy atom. The lowest BCUT2D eigenvalue weighted by Crippen LogP contribution is -2.23. The molecule has 44 heavy (non-hydrogen) atoms. The van der Waals surface area contributed by atoms with Gasteiger partial charge >= 0.3 is 18.3 Å². The fraction of sp³-hybridized carbons (Fsp3) is 0.188. The van der Waals surface area contributed by atoms with Crippen LogP contribution in [0.5, 0.6) is 0 Å². The van der Waals surface area contributed by atoms with Crippen LogP contribution in [-0.4, -0.2) is 22.1 Å². The number of rotatable bonds is 4. The van der Waals surface area contributed by atoms with Gasteiger partial charge in [0.2, 0.25) is 0 Å². The van der Waals surface area contributed by atoms with E-state index in [9.17, 15) is 46.1 Å². The minimum absolute atomic E-state index is 0.183. The van der Waals surface area contributed by atoms with Crippen molar-refractivity contribution in [2.75, 3.05) is 9.80 Å². The lowest BCUT2D eigenvalue weighted by Gasteiger charge is -2.18. The number of carboxylic acids is 1. The average Bonchev–Trinajstić information content (AvgIpc) is 3.58. The summed E-state index contributed by atoms with van der Waals surface area (Å²) in [5.41, 5.74) is 3.29. The highest BCUT2D eigenvalue weighted by Gasteiger charge is 2.33. The molecule has 0 aromatic heterocycles. The lowest BCUT2D eigenvalue weighted by molar-refractivity contribution is -0.138. The van der Waals surface area contributed by atoms with Gasteiger partial charge < -0.3 is 20.0 Å². The molecular formula is C32H24F6N2O4. The number of anilines is 2. The van der Waals surface area contributed by atoms with Gasteiger partial charge in [-0.3, -0.25) is 4.79 Å². The number of aliphatic hydroxyl groups is 1. The second-order valence-corrected chi connectivity index (χ2v) is 10.2. The first kappa shape index (κ1) is 30.6. The summed E-state index contributed by atoms with van der Waals surface area (Å²) in [5, 5.41) is 18.5. The maximum Gasteiger partial charge on any atom is 0.416 e. The van der Waals surface area contributed by atoms with Crippen LogP contribution >= 0.6 is 0 Å². The van der Waals surface area contributed by atoms with Crippen molar-refractivity contribution in [2.24, 2.45) is 0 Å². The number of nitrogens with zero attached hydrogens (tertiary/aromatic N) is 2. The number of halogens is 6. The first-order valence-electron chi connectivity index (χ1n) is 13.2. The molecule has 0 aliphatic carbocycles. The highest BCUT2D eigenvalue weighted by atomic mass is 19.4. The highest BCUT2D eigenvalue weighted by Crippen LogP contribution is 2.35. The van der Waals surface area contributed by atoms with Crippen molar-refractivity contribution in [2.45, 2.75) is 38.6 Å². The van der Waals surface area contributed by atoms with Crippen LogP contribution in [0.15, 0.2) is 84.9 Å². The van der Waals surface area contributed by atoms with Crippen LogP contribution in [0.1, 0.15) is 54.1 Å². The fourth-order valence-electron chi connectivity index (χ4n) is 5.25. The number of alkyl halides is 6. The molecule has 4 aromatic carbocycles. The number of aliphatic hydroxyl groups excluding tert-OH is 1. The van der Waals surface area contributed by atoms with Crippen molar-refractivity contribution < 1.29 is 46.1 Å². The Bertz CT molecular complexity index is 1700. The molecule has 2 heterocycles. The Hall–Kier alpha value is -4.84. The van der Waals surface area contributed by atoms with Crippen LogP contribution in [0.2, 0.25) is 0 Å². The molecule has 6 rings (SSSR count). The topological polar surface area (TPSA) is 81.1 Å². The van der Waals surface area contributed by atoms with Gasteiger partial charge in [-0.25, -0.2) is 4.79 Å². The van der Waals surface area contributed by atoms with E-state index < -0.39 is 29.4 Å². The van der Waals surface area contributed by atoms with Crippen LogP contribution in [0.4, 0.5) is 37.7 Å². The van der Waals surface area contributed by atoms with Gasteiger partial charge in [0.05, 0.1) is 29.8 Å². The number of carboxylic acid groups (broad SMARTS) is 1. The predicted octanol–water partition coefficient (Wildman–Crippen LogP) is 7.28. The zero-order chi connectivity index (χ0) is 31.8. The van der Waals surface area contributed by atoms with Crippen molar-refractivity contribution in [3.63, 3.8) is 0 Å². The summed E-state index contributed by atoms with van der Waals surface area (Å²) in [5.74, 6) is -1.27. The van der Waals surface area contributed by atoms with Gasteiger partial charge in [0.15, 0.2) is 0 Å². The van der Waals surface area contributed by atoms with E-state index >= 15 is 0 Å². The van der Waals surface area contributed by atoms with E-state index in [-0.39, 0.29) is 24.6 Å². The molecule has 0 radical (unpaired) electrons. The largest absolute Gasteiger partial charge is 0.478 e. The molecule has 0 bridgehead atoms. The van der Waals surface area contributed by atoms with E-state index in [0.29, 0.717) is 35.6 Å². The summed E-state index contributed by atoms with van der Waals surface area (Å²) in [6.45, 7) is 0.929. The minimum atomic E-state index is -4.40. The minimum Gasteiger partial charge on any atom is -0.478 e. The quantitative estimate of drug-likeness (QED) is 0.236. The first-order chi connectivity index (χ1) is 20.8. The van der Waals surface area contributed by atoms with Crippen molar-refractivity contribution in [1.29, 1.82) is 0 Å². The monoisotopic (exact) mass is 614 g/mol. The second kappa shape index (κ2) is 11.7. The number of hydrogen-bond acceptors (Lipinski definition) is 4. The van der Waals surface area contributed by atoms with Crippen molar-refractivity contribution in [3.05, 3.63) is 129 Å². The van der Waals surface area contributed by atoms with Crippen molar-refractivity contribution in [1.82, 2.24) is 0 Å². The molecule has 0 saturated heterocycles. The summed E-state index contributed by atoms with van der Waals surface area (Å²) < 4.78 is 75.5. The Kier molecular flexibility index (Phi) is 8.13. The zero-order valence-corrected chi connectivity index (χ0v) is 22.8. The molecule has 2 aliphatic rings. The van der Waals surface area contributed by atoms with Gasteiger partial charge in [0.25, 0.3) is 5.91 Å². The zero-order valence-electron chi connectivity index (χ0n) is 22.8. The van der Waals surface area contributed by atoms with E-state index in [1.165, 1.54) is 35.2 Å². The van der Waals surface area contributed by atoms with Gasteiger partial charge in [0.1, 0.15) is 0 Å². The van der Waals surface area contributed by atoms with Gasteiger partial charge in [-0.1, -0.05) is 24.3 Å². The molecule has 6 nitrogen and oxygen atoms in total. The van der Waals surface area contributed by atoms with E-state index in [4.69, 9.17) is 0 Å². The lowest BCUT2D eigenvalue weighted by atomic mass is 10.0. The van der Waals surface area contributed by atoms with Gasteiger partial charge in [-0.2, -0.15) is 26.3 Å². The number of carbonyl (C=O) groups excluding carboxylic acids is 1. The molecule has 1 amide bonds. The molecule has 4 aromatic rings. The molecule has 0 atom stereocenters. The second-order valence-electron chi connectivity index (χ2n) is 10.2. The number of hydrogen-bond donors (Lipinski definition) is 2. The first-order valence-corrected chi connectivity index (χ1v) is 13.2. The SMILES string of the molecule is O=C(O)c1cccc2c1CN(c1ccc(C(F)(F)F)cc1)C2.O=C1c2cccc(CO)c2CN1c1ccc(C(F)(F)F)cc1. The van der Waals surface area contributed by atoms with Crippen LogP contribution in [0.3, 0.4) is 0 Å². The summed E-state index contributed by atoms with van der Waals surface area (Å²) in [6.07, 6.45) is -8.76. The third-order valence-corrected chi connectivity index (χ3v) is 7.51. The van der Waals surface area contributed by atoms with Gasteiger partial charge in [-0.15, -0.1) is 0 Å². The number of carbonyl (C=O) groups is 2. The van der Waals surface area contributed by atoms with Crippen LogP contribution in [0.25, 0.3) is 0 Å². The van der Waals surface area contributed by atoms with E-state index in [0.717, 1.165) is 41.0 Å². The summed E-state index contributed by atoms with van der Waals surface area (Å²) in [7, 11) is 0. The Morgan fingerprint density at radius 2 is 1.27 bits per heavy atom. The van der Waals surface area contributed by atoms with Gasteiger partial charge in [-0.05, 0) is 82.9 Å². The summed E-state index contributed by atoms with van der Waals surface area (Å²) >= 11 is 0. The maximum absolute atomic E-state index is 12.6. The molecule has 2 aliphatic heterocycles. The normalized spacial score (nSPS) is 14.2. The number of aromatic carboxylic acids is 1. The third-order valence-electron chi connectivity index (χ3n) is 7.51.